The van der Waals surface area contributed by atoms with Crippen molar-refractivity contribution in [3.63, 3.8) is 0 Å². The third-order valence-corrected chi connectivity index (χ3v) is 6.85. The van der Waals surface area contributed by atoms with Gasteiger partial charge in [0.05, 0.1) is 4.90 Å². The summed E-state index contributed by atoms with van der Waals surface area (Å²) in [6.45, 7) is 0.594. The maximum Gasteiger partial charge on any atom is 0.410 e. The third-order valence-electron chi connectivity index (χ3n) is 5.45. The second-order valence-corrected chi connectivity index (χ2v) is 9.56. The molecule has 0 saturated carbocycles. The molecule has 1 heterocycles. The molecule has 1 saturated heterocycles. The molecule has 0 radical (unpaired) electrons. The van der Waals surface area contributed by atoms with Crippen LogP contribution in [0.15, 0.2) is 89.8 Å². The van der Waals surface area contributed by atoms with Gasteiger partial charge in [-0.2, -0.15) is 0 Å². The monoisotopic (exact) mass is 479 g/mol. The van der Waals surface area contributed by atoms with E-state index in [0.29, 0.717) is 30.8 Å². The molecule has 1 aliphatic heterocycles. The minimum absolute atomic E-state index is 0.144. The molecule has 2 N–H and O–H groups in total. The standard InChI is InChI=1S/C25H25N3O5S/c29-24(23-12-7-17-28(23)25(30)33-18-19-8-3-1-4-9-19)26-20-13-15-21(16-14-20)27-34(31,32)22-10-5-2-6-11-22/h1-6,8-11,13-16,23,27H,7,12,17-18H2,(H,26,29). The Balaban J connectivity index is 1.34. The number of nitrogens with one attached hydrogen (secondary N) is 2. The van der Waals surface area contributed by atoms with E-state index in [1.54, 1.807) is 42.5 Å². The minimum Gasteiger partial charge on any atom is -0.445 e. The second-order valence-electron chi connectivity index (χ2n) is 7.88. The molecule has 8 nitrogen and oxygen atoms in total. The molecule has 3 aromatic rings. The molecule has 0 bridgehead atoms. The highest BCUT2D eigenvalue weighted by atomic mass is 32.2. The van der Waals surface area contributed by atoms with Gasteiger partial charge in [-0.15, -0.1) is 0 Å². The second kappa shape index (κ2) is 10.4. The summed E-state index contributed by atoms with van der Waals surface area (Å²) in [6, 6.07) is 23.1. The summed E-state index contributed by atoms with van der Waals surface area (Å²) < 4.78 is 32.8. The fourth-order valence-corrected chi connectivity index (χ4v) is 4.80. The molecule has 1 fully saturated rings. The first-order chi connectivity index (χ1) is 16.4. The van der Waals surface area contributed by atoms with Crippen LogP contribution in [-0.4, -0.2) is 37.9 Å². The van der Waals surface area contributed by atoms with Crippen molar-refractivity contribution < 1.29 is 22.7 Å². The van der Waals surface area contributed by atoms with E-state index in [1.165, 1.54) is 17.0 Å². The number of benzene rings is 3. The van der Waals surface area contributed by atoms with Gasteiger partial charge in [0.15, 0.2) is 0 Å². The summed E-state index contributed by atoms with van der Waals surface area (Å²) in [5, 5.41) is 2.80. The smallest absolute Gasteiger partial charge is 0.410 e. The van der Waals surface area contributed by atoms with Crippen LogP contribution in [0.1, 0.15) is 18.4 Å². The first-order valence-electron chi connectivity index (χ1n) is 10.9. The van der Waals surface area contributed by atoms with Crippen LogP contribution in [0.25, 0.3) is 0 Å². The van der Waals surface area contributed by atoms with E-state index >= 15 is 0 Å². The van der Waals surface area contributed by atoms with Crippen LogP contribution in [0, 0.1) is 0 Å². The molecule has 1 atom stereocenters. The lowest BCUT2D eigenvalue weighted by Gasteiger charge is -2.23. The maximum absolute atomic E-state index is 12.8. The largest absolute Gasteiger partial charge is 0.445 e. The van der Waals surface area contributed by atoms with Crippen molar-refractivity contribution in [1.82, 2.24) is 4.90 Å². The van der Waals surface area contributed by atoms with Crippen molar-refractivity contribution in [2.45, 2.75) is 30.4 Å². The molecule has 0 aromatic heterocycles. The Kier molecular flexibility index (Phi) is 7.12. The molecule has 34 heavy (non-hydrogen) atoms. The average molecular weight is 480 g/mol. The van der Waals surface area contributed by atoms with E-state index in [4.69, 9.17) is 4.74 Å². The van der Waals surface area contributed by atoms with Gasteiger partial charge < -0.3 is 10.1 Å². The van der Waals surface area contributed by atoms with Crippen LogP contribution in [0.3, 0.4) is 0 Å². The number of amides is 2. The van der Waals surface area contributed by atoms with E-state index in [0.717, 1.165) is 5.56 Å². The lowest BCUT2D eigenvalue weighted by Crippen LogP contribution is -2.43. The zero-order valence-electron chi connectivity index (χ0n) is 18.4. The van der Waals surface area contributed by atoms with Gasteiger partial charge in [-0.25, -0.2) is 13.2 Å². The number of ether oxygens (including phenoxy) is 1. The summed E-state index contributed by atoms with van der Waals surface area (Å²) >= 11 is 0. The summed E-state index contributed by atoms with van der Waals surface area (Å²) in [5.74, 6) is -0.313. The van der Waals surface area contributed by atoms with Gasteiger partial charge in [-0.05, 0) is 54.8 Å². The SMILES string of the molecule is O=C(Nc1ccc(NS(=O)(=O)c2ccccc2)cc1)C1CCCN1C(=O)OCc1ccccc1. The Labute approximate surface area is 198 Å². The van der Waals surface area contributed by atoms with Gasteiger partial charge in [0.2, 0.25) is 5.91 Å². The van der Waals surface area contributed by atoms with Crippen molar-refractivity contribution in [2.24, 2.45) is 0 Å². The Bertz CT molecular complexity index is 1230. The summed E-state index contributed by atoms with van der Waals surface area (Å²) in [7, 11) is -3.70. The van der Waals surface area contributed by atoms with E-state index in [9.17, 15) is 18.0 Å². The van der Waals surface area contributed by atoms with Gasteiger partial charge >= 0.3 is 6.09 Å². The third kappa shape index (κ3) is 5.74. The number of likely N-dealkylation sites (tertiary alicyclic amines) is 1. The number of nitrogens with zero attached hydrogens (tertiary/aromatic N) is 1. The molecule has 4 rings (SSSR count). The Hall–Kier alpha value is -3.85. The lowest BCUT2D eigenvalue weighted by molar-refractivity contribution is -0.120. The summed E-state index contributed by atoms with van der Waals surface area (Å²) in [4.78, 5) is 27.0. The summed E-state index contributed by atoms with van der Waals surface area (Å²) in [6.07, 6.45) is 0.729. The van der Waals surface area contributed by atoms with Crippen molar-refractivity contribution in [3.05, 3.63) is 90.5 Å². The molecule has 0 spiro atoms. The topological polar surface area (TPSA) is 105 Å². The number of carbonyl (C=O) groups is 2. The highest BCUT2D eigenvalue weighted by Gasteiger charge is 2.35. The minimum atomic E-state index is -3.70. The molecule has 9 heteroatoms. The van der Waals surface area contributed by atoms with Crippen LogP contribution in [0.4, 0.5) is 16.2 Å². The molecular weight excluding hydrogens is 454 g/mol. The van der Waals surface area contributed by atoms with Crippen LogP contribution >= 0.6 is 0 Å². The zero-order valence-corrected chi connectivity index (χ0v) is 19.2. The molecule has 176 valence electrons. The number of hydrogen-bond donors (Lipinski definition) is 2. The predicted octanol–water partition coefficient (Wildman–Crippen LogP) is 4.23. The molecular formula is C25H25N3O5S. The summed E-state index contributed by atoms with van der Waals surface area (Å²) in [5.41, 5.74) is 1.74. The number of rotatable bonds is 7. The number of anilines is 2. The number of sulfonamides is 1. The average Bonchev–Trinajstić information content (AvgIpc) is 3.35. The van der Waals surface area contributed by atoms with Gasteiger partial charge in [0, 0.05) is 17.9 Å². The maximum atomic E-state index is 12.8. The predicted molar refractivity (Wildman–Crippen MR) is 129 cm³/mol. The molecule has 1 aliphatic rings. The Morgan fingerprint density at radius 2 is 1.50 bits per heavy atom. The van der Waals surface area contributed by atoms with Crippen LogP contribution in [0.2, 0.25) is 0 Å². The molecule has 1 unspecified atom stereocenters. The first-order valence-corrected chi connectivity index (χ1v) is 12.4. The Morgan fingerprint density at radius 1 is 0.882 bits per heavy atom. The van der Waals surface area contributed by atoms with E-state index in [1.807, 2.05) is 30.3 Å². The van der Waals surface area contributed by atoms with Crippen molar-refractivity contribution in [3.8, 4) is 0 Å². The van der Waals surface area contributed by atoms with Crippen molar-refractivity contribution in [1.29, 1.82) is 0 Å². The van der Waals surface area contributed by atoms with Crippen LogP contribution in [0.5, 0.6) is 0 Å². The van der Waals surface area contributed by atoms with Gasteiger partial charge in [0.1, 0.15) is 12.6 Å². The van der Waals surface area contributed by atoms with Gasteiger partial charge in [-0.1, -0.05) is 48.5 Å². The van der Waals surface area contributed by atoms with Gasteiger partial charge in [-0.3, -0.25) is 14.4 Å². The van der Waals surface area contributed by atoms with E-state index in [-0.39, 0.29) is 17.4 Å². The molecule has 3 aromatic carbocycles. The number of carbonyl (C=O) groups excluding carboxylic acids is 2. The van der Waals surface area contributed by atoms with Crippen molar-refractivity contribution >= 4 is 33.4 Å². The number of hydrogen-bond acceptors (Lipinski definition) is 5. The van der Waals surface area contributed by atoms with Crippen LogP contribution < -0.4 is 10.0 Å². The highest BCUT2D eigenvalue weighted by Crippen LogP contribution is 2.22. The first kappa shape index (κ1) is 23.3. The zero-order chi connectivity index (χ0) is 24.0. The molecule has 2 amide bonds. The van der Waals surface area contributed by atoms with Crippen molar-refractivity contribution in [2.75, 3.05) is 16.6 Å². The normalized spacial score (nSPS) is 15.5. The quantitative estimate of drug-likeness (QED) is 0.528. The lowest BCUT2D eigenvalue weighted by atomic mass is 10.2. The fourth-order valence-electron chi connectivity index (χ4n) is 3.72. The highest BCUT2D eigenvalue weighted by molar-refractivity contribution is 7.92. The van der Waals surface area contributed by atoms with E-state index < -0.39 is 22.2 Å². The fraction of sp³-hybridized carbons (Fsp3) is 0.200. The van der Waals surface area contributed by atoms with Gasteiger partial charge in [0.25, 0.3) is 10.0 Å². The Morgan fingerprint density at radius 3 is 2.18 bits per heavy atom. The van der Waals surface area contributed by atoms with Crippen LogP contribution in [-0.2, 0) is 26.2 Å². The van der Waals surface area contributed by atoms with E-state index in [2.05, 4.69) is 10.0 Å². The molecule has 0 aliphatic carbocycles.